The predicted octanol–water partition coefficient (Wildman–Crippen LogP) is 4.77. The van der Waals surface area contributed by atoms with E-state index < -0.39 is 0 Å². The van der Waals surface area contributed by atoms with Gasteiger partial charge in [-0.2, -0.15) is 0 Å². The summed E-state index contributed by atoms with van der Waals surface area (Å²) in [5, 5.41) is 5.04. The molecule has 0 bridgehead atoms. The van der Waals surface area contributed by atoms with Crippen molar-refractivity contribution in [3.05, 3.63) is 40.0 Å². The fraction of sp³-hybridized carbons (Fsp3) is 0.250. The molecule has 84 valence electrons. The molecule has 0 fully saturated rings. The standard InChI is InChI=1S/C12H11Cl2NO/c1-7(2)11-6-12(16-15-11)8-3-4-9(13)10(14)5-8/h3-7H,1-2H3. The summed E-state index contributed by atoms with van der Waals surface area (Å²) in [5.41, 5.74) is 1.81. The minimum absolute atomic E-state index is 0.347. The minimum atomic E-state index is 0.347. The lowest BCUT2D eigenvalue weighted by molar-refractivity contribution is 0.420. The smallest absolute Gasteiger partial charge is 0.167 e. The van der Waals surface area contributed by atoms with Gasteiger partial charge in [0.1, 0.15) is 0 Å². The van der Waals surface area contributed by atoms with Gasteiger partial charge < -0.3 is 4.52 Å². The molecule has 0 radical (unpaired) electrons. The quantitative estimate of drug-likeness (QED) is 0.773. The first-order valence-electron chi connectivity index (χ1n) is 5.00. The summed E-state index contributed by atoms with van der Waals surface area (Å²) in [4.78, 5) is 0. The lowest BCUT2D eigenvalue weighted by Crippen LogP contribution is -1.84. The van der Waals surface area contributed by atoms with Crippen LogP contribution in [0.3, 0.4) is 0 Å². The topological polar surface area (TPSA) is 26.0 Å². The molecule has 1 aromatic carbocycles. The Morgan fingerprint density at radius 1 is 1.12 bits per heavy atom. The molecule has 0 N–H and O–H groups in total. The first-order valence-corrected chi connectivity index (χ1v) is 5.75. The van der Waals surface area contributed by atoms with E-state index >= 15 is 0 Å². The fourth-order valence-corrected chi connectivity index (χ4v) is 1.64. The van der Waals surface area contributed by atoms with E-state index in [1.807, 2.05) is 12.1 Å². The number of hydrogen-bond acceptors (Lipinski definition) is 2. The van der Waals surface area contributed by atoms with Crippen LogP contribution in [0.1, 0.15) is 25.5 Å². The van der Waals surface area contributed by atoms with Gasteiger partial charge in [-0.05, 0) is 24.1 Å². The molecule has 0 saturated carbocycles. The van der Waals surface area contributed by atoms with Crippen LogP contribution in [0.5, 0.6) is 0 Å². The molecule has 0 saturated heterocycles. The molecule has 2 aromatic rings. The highest BCUT2D eigenvalue weighted by molar-refractivity contribution is 6.42. The van der Waals surface area contributed by atoms with E-state index in [2.05, 4.69) is 19.0 Å². The summed E-state index contributed by atoms with van der Waals surface area (Å²) in [7, 11) is 0. The maximum Gasteiger partial charge on any atom is 0.167 e. The molecule has 0 aliphatic rings. The van der Waals surface area contributed by atoms with Gasteiger partial charge in [0.25, 0.3) is 0 Å². The van der Waals surface area contributed by atoms with E-state index in [-0.39, 0.29) is 0 Å². The number of rotatable bonds is 2. The van der Waals surface area contributed by atoms with Crippen molar-refractivity contribution in [2.24, 2.45) is 0 Å². The van der Waals surface area contributed by atoms with Gasteiger partial charge in [-0.15, -0.1) is 0 Å². The minimum Gasteiger partial charge on any atom is -0.356 e. The van der Waals surface area contributed by atoms with Crippen LogP contribution in [0.15, 0.2) is 28.8 Å². The molecule has 2 nitrogen and oxygen atoms in total. The van der Waals surface area contributed by atoms with Crippen LogP contribution >= 0.6 is 23.2 Å². The van der Waals surface area contributed by atoms with Crippen molar-refractivity contribution >= 4 is 23.2 Å². The van der Waals surface area contributed by atoms with Crippen LogP contribution in [-0.4, -0.2) is 5.16 Å². The van der Waals surface area contributed by atoms with Gasteiger partial charge >= 0.3 is 0 Å². The molecule has 1 heterocycles. The molecule has 0 aliphatic carbocycles. The number of hydrogen-bond donors (Lipinski definition) is 0. The Morgan fingerprint density at radius 3 is 2.44 bits per heavy atom. The Balaban J connectivity index is 2.39. The Bertz CT molecular complexity index is 505. The predicted molar refractivity (Wildman–Crippen MR) is 66.0 cm³/mol. The largest absolute Gasteiger partial charge is 0.356 e. The molecule has 0 unspecified atom stereocenters. The third-order valence-electron chi connectivity index (χ3n) is 2.32. The maximum atomic E-state index is 5.94. The van der Waals surface area contributed by atoms with Crippen molar-refractivity contribution in [3.8, 4) is 11.3 Å². The lowest BCUT2D eigenvalue weighted by Gasteiger charge is -1.98. The summed E-state index contributed by atoms with van der Waals surface area (Å²) in [6.07, 6.45) is 0. The van der Waals surface area contributed by atoms with E-state index in [0.717, 1.165) is 11.3 Å². The van der Waals surface area contributed by atoms with Crippen molar-refractivity contribution in [2.75, 3.05) is 0 Å². The van der Waals surface area contributed by atoms with E-state index in [9.17, 15) is 0 Å². The van der Waals surface area contributed by atoms with Crippen molar-refractivity contribution < 1.29 is 4.52 Å². The number of nitrogens with zero attached hydrogens (tertiary/aromatic N) is 1. The average Bonchev–Trinajstić information content (AvgIpc) is 2.71. The molecule has 1 aromatic heterocycles. The van der Waals surface area contributed by atoms with E-state index in [1.165, 1.54) is 0 Å². The Hall–Kier alpha value is -0.990. The molecule has 0 amide bonds. The highest BCUT2D eigenvalue weighted by Gasteiger charge is 2.10. The summed E-state index contributed by atoms with van der Waals surface area (Å²) in [6, 6.07) is 7.30. The third-order valence-corrected chi connectivity index (χ3v) is 3.06. The second kappa shape index (κ2) is 4.48. The van der Waals surface area contributed by atoms with Gasteiger partial charge in [0.2, 0.25) is 0 Å². The van der Waals surface area contributed by atoms with Crippen molar-refractivity contribution in [1.29, 1.82) is 0 Å². The fourth-order valence-electron chi connectivity index (χ4n) is 1.35. The zero-order valence-electron chi connectivity index (χ0n) is 9.00. The number of halogens is 2. The Labute approximate surface area is 104 Å². The molecular formula is C12H11Cl2NO. The first-order chi connectivity index (χ1) is 7.58. The highest BCUT2D eigenvalue weighted by atomic mass is 35.5. The molecule has 0 spiro atoms. The second-order valence-corrected chi connectivity index (χ2v) is 4.71. The highest BCUT2D eigenvalue weighted by Crippen LogP contribution is 2.29. The van der Waals surface area contributed by atoms with Crippen molar-refractivity contribution in [1.82, 2.24) is 5.16 Å². The van der Waals surface area contributed by atoms with Crippen molar-refractivity contribution in [3.63, 3.8) is 0 Å². The van der Waals surface area contributed by atoms with Crippen LogP contribution in [0.25, 0.3) is 11.3 Å². The van der Waals surface area contributed by atoms with Crippen molar-refractivity contribution in [2.45, 2.75) is 19.8 Å². The van der Waals surface area contributed by atoms with Gasteiger partial charge in [0, 0.05) is 11.6 Å². The Kier molecular flexibility index (Phi) is 3.22. The molecule has 0 atom stereocenters. The average molecular weight is 256 g/mol. The molecule has 4 heteroatoms. The summed E-state index contributed by atoms with van der Waals surface area (Å²) < 4.78 is 5.26. The van der Waals surface area contributed by atoms with Gasteiger partial charge in [-0.3, -0.25) is 0 Å². The molecular weight excluding hydrogens is 245 g/mol. The van der Waals surface area contributed by atoms with E-state index in [0.29, 0.717) is 21.7 Å². The van der Waals surface area contributed by atoms with Gasteiger partial charge in [-0.25, -0.2) is 0 Å². The monoisotopic (exact) mass is 255 g/mol. The molecule has 2 rings (SSSR count). The second-order valence-electron chi connectivity index (χ2n) is 3.90. The lowest BCUT2D eigenvalue weighted by atomic mass is 10.1. The zero-order valence-corrected chi connectivity index (χ0v) is 10.5. The zero-order chi connectivity index (χ0) is 11.7. The van der Waals surface area contributed by atoms with Crippen LogP contribution in [-0.2, 0) is 0 Å². The first kappa shape index (κ1) is 11.5. The van der Waals surface area contributed by atoms with Crippen LogP contribution in [0.2, 0.25) is 10.0 Å². The van der Waals surface area contributed by atoms with Gasteiger partial charge in [0.15, 0.2) is 5.76 Å². The van der Waals surface area contributed by atoms with E-state index in [4.69, 9.17) is 27.7 Å². The van der Waals surface area contributed by atoms with Crippen LogP contribution < -0.4 is 0 Å². The summed E-state index contributed by atoms with van der Waals surface area (Å²) in [6.45, 7) is 4.13. The van der Waals surface area contributed by atoms with Crippen LogP contribution in [0, 0.1) is 0 Å². The summed E-state index contributed by atoms with van der Waals surface area (Å²) >= 11 is 11.8. The normalized spacial score (nSPS) is 11.1. The maximum absolute atomic E-state index is 5.94. The summed E-state index contributed by atoms with van der Waals surface area (Å²) in [5.74, 6) is 1.06. The Morgan fingerprint density at radius 2 is 1.88 bits per heavy atom. The van der Waals surface area contributed by atoms with Crippen LogP contribution in [0.4, 0.5) is 0 Å². The molecule has 0 aliphatic heterocycles. The SMILES string of the molecule is CC(C)c1cc(-c2ccc(Cl)c(Cl)c2)on1. The van der Waals surface area contributed by atoms with Gasteiger partial charge in [0.05, 0.1) is 15.7 Å². The van der Waals surface area contributed by atoms with Gasteiger partial charge in [-0.1, -0.05) is 42.2 Å². The third kappa shape index (κ3) is 2.23. The van der Waals surface area contributed by atoms with E-state index in [1.54, 1.807) is 12.1 Å². The number of benzene rings is 1. The molecule has 16 heavy (non-hydrogen) atoms. The number of aromatic nitrogens is 1.